The molecule has 70 valence electrons. The second-order valence-electron chi connectivity index (χ2n) is 3.05. The van der Waals surface area contributed by atoms with Crippen LogP contribution in [0.25, 0.3) is 0 Å². The Balaban J connectivity index is 2.64. The Bertz CT molecular complexity index is 292. The minimum Gasteiger partial charge on any atom is -0.548 e. The van der Waals surface area contributed by atoms with Crippen molar-refractivity contribution in [1.29, 1.82) is 0 Å². The van der Waals surface area contributed by atoms with Crippen molar-refractivity contribution in [2.75, 3.05) is 5.32 Å². The van der Waals surface area contributed by atoms with E-state index in [1.54, 1.807) is 6.92 Å². The molecule has 0 saturated carbocycles. The SMILES string of the molecule is Cc1ccc(NC(C)C(=O)[O-])cc1. The zero-order chi connectivity index (χ0) is 9.84. The minimum atomic E-state index is -1.10. The molecular formula is C10H12NO2-. The van der Waals surface area contributed by atoms with Gasteiger partial charge in [-0.05, 0) is 26.0 Å². The second-order valence-corrected chi connectivity index (χ2v) is 3.05. The molecule has 13 heavy (non-hydrogen) atoms. The highest BCUT2D eigenvalue weighted by Gasteiger charge is 2.00. The number of nitrogens with one attached hydrogen (secondary N) is 1. The van der Waals surface area contributed by atoms with Crippen molar-refractivity contribution in [3.63, 3.8) is 0 Å². The van der Waals surface area contributed by atoms with E-state index in [2.05, 4.69) is 5.32 Å². The van der Waals surface area contributed by atoms with Gasteiger partial charge >= 0.3 is 0 Å². The van der Waals surface area contributed by atoms with Gasteiger partial charge in [-0.1, -0.05) is 17.7 Å². The number of carboxylic acid groups (broad SMARTS) is 1. The first-order valence-corrected chi connectivity index (χ1v) is 4.13. The first kappa shape index (κ1) is 9.58. The van der Waals surface area contributed by atoms with Crippen LogP contribution in [0.3, 0.4) is 0 Å². The molecule has 0 bridgehead atoms. The van der Waals surface area contributed by atoms with Gasteiger partial charge in [-0.3, -0.25) is 0 Å². The van der Waals surface area contributed by atoms with Crippen LogP contribution >= 0.6 is 0 Å². The van der Waals surface area contributed by atoms with E-state index in [1.807, 2.05) is 31.2 Å². The summed E-state index contributed by atoms with van der Waals surface area (Å²) in [5, 5.41) is 13.2. The molecular weight excluding hydrogens is 166 g/mol. The lowest BCUT2D eigenvalue weighted by molar-refractivity contribution is -0.306. The van der Waals surface area contributed by atoms with E-state index >= 15 is 0 Å². The lowest BCUT2D eigenvalue weighted by Crippen LogP contribution is -2.38. The van der Waals surface area contributed by atoms with Crippen molar-refractivity contribution in [1.82, 2.24) is 0 Å². The zero-order valence-corrected chi connectivity index (χ0v) is 7.70. The Morgan fingerprint density at radius 2 is 1.92 bits per heavy atom. The molecule has 0 radical (unpaired) electrons. The maximum Gasteiger partial charge on any atom is 0.0634 e. The van der Waals surface area contributed by atoms with Crippen LogP contribution in [0.2, 0.25) is 0 Å². The zero-order valence-electron chi connectivity index (χ0n) is 7.70. The molecule has 3 nitrogen and oxygen atoms in total. The quantitative estimate of drug-likeness (QED) is 0.735. The number of rotatable bonds is 3. The molecule has 1 atom stereocenters. The van der Waals surface area contributed by atoms with Gasteiger partial charge in [-0.25, -0.2) is 0 Å². The van der Waals surface area contributed by atoms with Gasteiger partial charge in [0, 0.05) is 5.69 Å². The summed E-state index contributed by atoms with van der Waals surface area (Å²) in [7, 11) is 0. The first-order valence-electron chi connectivity index (χ1n) is 4.13. The molecule has 3 heteroatoms. The molecule has 1 aromatic carbocycles. The highest BCUT2D eigenvalue weighted by molar-refractivity contribution is 5.74. The van der Waals surface area contributed by atoms with Crippen molar-refractivity contribution in [3.05, 3.63) is 29.8 Å². The third-order valence-corrected chi connectivity index (χ3v) is 1.79. The van der Waals surface area contributed by atoms with E-state index < -0.39 is 12.0 Å². The summed E-state index contributed by atoms with van der Waals surface area (Å²) in [6.45, 7) is 3.53. The third-order valence-electron chi connectivity index (χ3n) is 1.79. The van der Waals surface area contributed by atoms with Crippen molar-refractivity contribution >= 4 is 11.7 Å². The summed E-state index contributed by atoms with van der Waals surface area (Å²) >= 11 is 0. The smallest absolute Gasteiger partial charge is 0.0634 e. The number of aliphatic carboxylic acids is 1. The molecule has 1 unspecified atom stereocenters. The highest BCUT2D eigenvalue weighted by Crippen LogP contribution is 2.09. The fourth-order valence-electron chi connectivity index (χ4n) is 0.959. The molecule has 0 amide bonds. The summed E-state index contributed by atoms with van der Waals surface area (Å²) in [6, 6.07) is 6.86. The Morgan fingerprint density at radius 3 is 2.38 bits per heavy atom. The van der Waals surface area contributed by atoms with Gasteiger partial charge in [-0.2, -0.15) is 0 Å². The Kier molecular flexibility index (Phi) is 2.90. The number of carbonyl (C=O) groups excluding carboxylic acids is 1. The Labute approximate surface area is 77.4 Å². The van der Waals surface area contributed by atoms with Crippen molar-refractivity contribution in [3.8, 4) is 0 Å². The molecule has 0 aromatic heterocycles. The normalized spacial score (nSPS) is 12.2. The molecule has 0 aliphatic heterocycles. The highest BCUT2D eigenvalue weighted by atomic mass is 16.4. The van der Waals surface area contributed by atoms with Crippen LogP contribution in [-0.4, -0.2) is 12.0 Å². The number of carbonyl (C=O) groups is 1. The van der Waals surface area contributed by atoms with E-state index in [1.165, 1.54) is 0 Å². The predicted octanol–water partition coefficient (Wildman–Crippen LogP) is 0.545. The average Bonchev–Trinajstić information content (AvgIpc) is 2.08. The summed E-state index contributed by atoms with van der Waals surface area (Å²) in [6.07, 6.45) is 0. The maximum absolute atomic E-state index is 10.4. The number of anilines is 1. The topological polar surface area (TPSA) is 52.2 Å². The summed E-state index contributed by atoms with van der Waals surface area (Å²) in [5.41, 5.74) is 1.94. The predicted molar refractivity (Wildman–Crippen MR) is 49.3 cm³/mol. The van der Waals surface area contributed by atoms with E-state index in [9.17, 15) is 9.90 Å². The van der Waals surface area contributed by atoms with Gasteiger partial charge in [0.15, 0.2) is 0 Å². The minimum absolute atomic E-state index is 0.664. The molecule has 1 aromatic rings. The summed E-state index contributed by atoms with van der Waals surface area (Å²) < 4.78 is 0. The molecule has 0 aliphatic rings. The van der Waals surface area contributed by atoms with Crippen molar-refractivity contribution in [2.24, 2.45) is 0 Å². The number of carboxylic acids is 1. The van der Waals surface area contributed by atoms with Crippen LogP contribution < -0.4 is 10.4 Å². The van der Waals surface area contributed by atoms with Crippen LogP contribution in [0.1, 0.15) is 12.5 Å². The van der Waals surface area contributed by atoms with Gasteiger partial charge in [0.2, 0.25) is 0 Å². The summed E-state index contributed by atoms with van der Waals surface area (Å²) in [5.74, 6) is -1.10. The fourth-order valence-corrected chi connectivity index (χ4v) is 0.959. The lowest BCUT2D eigenvalue weighted by atomic mass is 10.2. The van der Waals surface area contributed by atoms with Gasteiger partial charge < -0.3 is 15.2 Å². The van der Waals surface area contributed by atoms with Gasteiger partial charge in [0.25, 0.3) is 0 Å². The van der Waals surface area contributed by atoms with Crippen molar-refractivity contribution in [2.45, 2.75) is 19.9 Å². The second kappa shape index (κ2) is 3.94. The lowest BCUT2D eigenvalue weighted by Gasteiger charge is -2.15. The molecule has 1 N–H and O–H groups in total. The first-order chi connectivity index (χ1) is 6.09. The number of hydrogen-bond donors (Lipinski definition) is 1. The van der Waals surface area contributed by atoms with E-state index in [4.69, 9.17) is 0 Å². The largest absolute Gasteiger partial charge is 0.548 e. The van der Waals surface area contributed by atoms with Gasteiger partial charge in [0.1, 0.15) is 0 Å². The molecule has 0 aliphatic carbocycles. The fraction of sp³-hybridized carbons (Fsp3) is 0.300. The Morgan fingerprint density at radius 1 is 1.38 bits per heavy atom. The third kappa shape index (κ3) is 2.78. The van der Waals surface area contributed by atoms with Crippen LogP contribution in [0.4, 0.5) is 5.69 Å². The van der Waals surface area contributed by atoms with E-state index in [-0.39, 0.29) is 0 Å². The molecule has 0 saturated heterocycles. The van der Waals surface area contributed by atoms with Gasteiger partial charge in [0.05, 0.1) is 12.0 Å². The number of aryl methyl sites for hydroxylation is 1. The molecule has 0 heterocycles. The standard InChI is InChI=1S/C10H13NO2/c1-7-3-5-9(6-4-7)11-8(2)10(12)13/h3-6,8,11H,1-2H3,(H,12,13)/p-1. The summed E-state index contributed by atoms with van der Waals surface area (Å²) in [4.78, 5) is 10.4. The van der Waals surface area contributed by atoms with Crippen LogP contribution in [0.5, 0.6) is 0 Å². The monoisotopic (exact) mass is 178 g/mol. The van der Waals surface area contributed by atoms with E-state index in [0.29, 0.717) is 0 Å². The maximum atomic E-state index is 10.4. The van der Waals surface area contributed by atoms with Crippen LogP contribution in [-0.2, 0) is 4.79 Å². The average molecular weight is 178 g/mol. The Hall–Kier alpha value is -1.51. The van der Waals surface area contributed by atoms with Gasteiger partial charge in [-0.15, -0.1) is 0 Å². The van der Waals surface area contributed by atoms with E-state index in [0.717, 1.165) is 11.3 Å². The number of benzene rings is 1. The van der Waals surface area contributed by atoms with Crippen LogP contribution in [0, 0.1) is 6.92 Å². The molecule has 0 spiro atoms. The molecule has 1 rings (SSSR count). The number of hydrogen-bond acceptors (Lipinski definition) is 3. The molecule has 0 fully saturated rings. The van der Waals surface area contributed by atoms with Crippen molar-refractivity contribution < 1.29 is 9.90 Å². The van der Waals surface area contributed by atoms with Crippen LogP contribution in [0.15, 0.2) is 24.3 Å².